The van der Waals surface area contributed by atoms with Gasteiger partial charge in [-0.1, -0.05) is 19.1 Å². The van der Waals surface area contributed by atoms with Crippen molar-refractivity contribution < 1.29 is 14.3 Å². The van der Waals surface area contributed by atoms with Gasteiger partial charge < -0.3 is 19.9 Å². The third-order valence-electron chi connectivity index (χ3n) is 5.15. The smallest absolute Gasteiger partial charge is 0.262 e. The maximum Gasteiger partial charge on any atom is 0.262 e. The number of fused-ring (bicyclic) bond motifs is 1. The molecule has 1 saturated heterocycles. The monoisotopic (exact) mass is 345 g/mol. The number of hydrogen-bond donors (Lipinski definition) is 1. The standard InChI is InChI=1S/C19H27N3O3/c1-3-14-8-6-7-11-22(14)18(23)13-21-12-17(19(24)20-2)25-16-10-5-4-9-15(16)21/h4-5,9-10,14,17H,3,6-8,11-13H2,1-2H3,(H,20,24)/t14-,17+/m0/s1. The zero-order valence-corrected chi connectivity index (χ0v) is 15.0. The van der Waals surface area contributed by atoms with Crippen LogP contribution in [-0.4, -0.2) is 55.5 Å². The number of nitrogens with one attached hydrogen (secondary N) is 1. The van der Waals surface area contributed by atoms with Crippen LogP contribution in [0, 0.1) is 0 Å². The Kier molecular flexibility index (Phi) is 5.46. The molecule has 136 valence electrons. The number of benzene rings is 1. The zero-order chi connectivity index (χ0) is 17.8. The first-order chi connectivity index (χ1) is 12.1. The number of para-hydroxylation sites is 2. The third kappa shape index (κ3) is 3.72. The second kappa shape index (κ2) is 7.76. The van der Waals surface area contributed by atoms with Gasteiger partial charge >= 0.3 is 0 Å². The maximum absolute atomic E-state index is 12.9. The molecule has 3 rings (SSSR count). The van der Waals surface area contributed by atoms with E-state index in [2.05, 4.69) is 12.2 Å². The molecule has 6 nitrogen and oxygen atoms in total. The van der Waals surface area contributed by atoms with E-state index in [0.29, 0.717) is 18.3 Å². The molecule has 2 aliphatic heterocycles. The van der Waals surface area contributed by atoms with Crippen molar-refractivity contribution in [2.24, 2.45) is 0 Å². The van der Waals surface area contributed by atoms with Gasteiger partial charge in [0.05, 0.1) is 18.8 Å². The van der Waals surface area contributed by atoms with Crippen molar-refractivity contribution in [3.05, 3.63) is 24.3 Å². The summed E-state index contributed by atoms with van der Waals surface area (Å²) in [5.74, 6) is 0.621. The van der Waals surface area contributed by atoms with Gasteiger partial charge in [-0.2, -0.15) is 0 Å². The molecule has 2 amide bonds. The number of likely N-dealkylation sites (tertiary alicyclic amines) is 1. The number of likely N-dealkylation sites (N-methyl/N-ethyl adjacent to an activating group) is 1. The lowest BCUT2D eigenvalue weighted by molar-refractivity contribution is -0.134. The third-order valence-corrected chi connectivity index (χ3v) is 5.15. The number of carbonyl (C=O) groups excluding carboxylic acids is 2. The average Bonchev–Trinajstić information content (AvgIpc) is 2.67. The Balaban J connectivity index is 1.78. The predicted octanol–water partition coefficient (Wildman–Crippen LogP) is 1.79. The highest BCUT2D eigenvalue weighted by Gasteiger charge is 2.33. The van der Waals surface area contributed by atoms with Crippen molar-refractivity contribution in [3.63, 3.8) is 0 Å². The summed E-state index contributed by atoms with van der Waals surface area (Å²) in [7, 11) is 1.60. The lowest BCUT2D eigenvalue weighted by Gasteiger charge is -2.39. The van der Waals surface area contributed by atoms with E-state index >= 15 is 0 Å². The fourth-order valence-electron chi connectivity index (χ4n) is 3.76. The number of nitrogens with zero attached hydrogens (tertiary/aromatic N) is 2. The Hall–Kier alpha value is -2.24. The highest BCUT2D eigenvalue weighted by atomic mass is 16.5. The Bertz CT molecular complexity index is 634. The molecule has 25 heavy (non-hydrogen) atoms. The second-order valence-corrected chi connectivity index (χ2v) is 6.71. The average molecular weight is 345 g/mol. The summed E-state index contributed by atoms with van der Waals surface area (Å²) in [6.07, 6.45) is 3.75. The molecule has 1 N–H and O–H groups in total. The van der Waals surface area contributed by atoms with E-state index in [4.69, 9.17) is 4.74 Å². The molecule has 0 spiro atoms. The summed E-state index contributed by atoms with van der Waals surface area (Å²) in [4.78, 5) is 29.0. The summed E-state index contributed by atoms with van der Waals surface area (Å²) >= 11 is 0. The highest BCUT2D eigenvalue weighted by Crippen LogP contribution is 2.33. The first-order valence-corrected chi connectivity index (χ1v) is 9.15. The quantitative estimate of drug-likeness (QED) is 0.904. The van der Waals surface area contributed by atoms with Gasteiger partial charge in [-0.05, 0) is 37.8 Å². The van der Waals surface area contributed by atoms with Gasteiger partial charge in [0, 0.05) is 19.6 Å². The first-order valence-electron chi connectivity index (χ1n) is 9.15. The number of ether oxygens (including phenoxy) is 1. The van der Waals surface area contributed by atoms with E-state index in [-0.39, 0.29) is 18.4 Å². The number of piperidine rings is 1. The van der Waals surface area contributed by atoms with Crippen LogP contribution < -0.4 is 15.0 Å². The SMILES string of the molecule is CC[C@H]1CCCCN1C(=O)CN1C[C@H](C(=O)NC)Oc2ccccc21. The zero-order valence-electron chi connectivity index (χ0n) is 15.0. The van der Waals surface area contributed by atoms with E-state index in [0.717, 1.165) is 31.5 Å². The Morgan fingerprint density at radius 1 is 1.28 bits per heavy atom. The molecule has 2 aliphatic rings. The molecule has 0 aliphatic carbocycles. The van der Waals surface area contributed by atoms with E-state index in [9.17, 15) is 9.59 Å². The van der Waals surface area contributed by atoms with Crippen molar-refractivity contribution in [3.8, 4) is 5.75 Å². The number of rotatable bonds is 4. The Morgan fingerprint density at radius 2 is 2.08 bits per heavy atom. The number of hydrogen-bond acceptors (Lipinski definition) is 4. The minimum atomic E-state index is -0.601. The van der Waals surface area contributed by atoms with Crippen molar-refractivity contribution in [1.82, 2.24) is 10.2 Å². The Labute approximate surface area is 149 Å². The summed E-state index contributed by atoms with van der Waals surface area (Å²) in [6, 6.07) is 7.93. The molecule has 1 aromatic carbocycles. The molecule has 0 unspecified atom stereocenters. The van der Waals surface area contributed by atoms with Crippen LogP contribution in [0.15, 0.2) is 24.3 Å². The summed E-state index contributed by atoms with van der Waals surface area (Å²) in [6.45, 7) is 3.64. The number of amides is 2. The molecule has 1 aromatic rings. The summed E-state index contributed by atoms with van der Waals surface area (Å²) < 4.78 is 5.81. The molecule has 2 heterocycles. The molecular weight excluding hydrogens is 318 g/mol. The fraction of sp³-hybridized carbons (Fsp3) is 0.579. The van der Waals surface area contributed by atoms with E-state index in [1.165, 1.54) is 6.42 Å². The van der Waals surface area contributed by atoms with Crippen molar-refractivity contribution >= 4 is 17.5 Å². The van der Waals surface area contributed by atoms with Crippen molar-refractivity contribution in [2.75, 3.05) is 31.6 Å². The molecular formula is C19H27N3O3. The molecule has 0 bridgehead atoms. The molecule has 0 saturated carbocycles. The first kappa shape index (κ1) is 17.6. The topological polar surface area (TPSA) is 61.9 Å². The van der Waals surface area contributed by atoms with E-state index < -0.39 is 6.10 Å². The minimum absolute atomic E-state index is 0.138. The molecule has 2 atom stereocenters. The predicted molar refractivity (Wildman–Crippen MR) is 96.8 cm³/mol. The summed E-state index contributed by atoms with van der Waals surface area (Å²) in [5, 5.41) is 2.63. The van der Waals surface area contributed by atoms with Crippen molar-refractivity contribution in [2.45, 2.75) is 44.8 Å². The van der Waals surface area contributed by atoms with Crippen molar-refractivity contribution in [1.29, 1.82) is 0 Å². The van der Waals surface area contributed by atoms with Crippen LogP contribution in [-0.2, 0) is 9.59 Å². The van der Waals surface area contributed by atoms with Gasteiger partial charge in [0.1, 0.15) is 5.75 Å². The van der Waals surface area contributed by atoms with Gasteiger partial charge in [0.25, 0.3) is 5.91 Å². The molecule has 6 heteroatoms. The van der Waals surface area contributed by atoms with Crippen LogP contribution in [0.5, 0.6) is 5.75 Å². The molecule has 0 radical (unpaired) electrons. The van der Waals surface area contributed by atoms with Gasteiger partial charge in [0.2, 0.25) is 5.91 Å². The van der Waals surface area contributed by atoms with Crippen LogP contribution in [0.2, 0.25) is 0 Å². The molecule has 1 fully saturated rings. The van der Waals surface area contributed by atoms with Crippen LogP contribution >= 0.6 is 0 Å². The van der Waals surface area contributed by atoms with Crippen LogP contribution in [0.3, 0.4) is 0 Å². The van der Waals surface area contributed by atoms with Crippen LogP contribution in [0.4, 0.5) is 5.69 Å². The van der Waals surface area contributed by atoms with E-state index in [1.54, 1.807) is 7.05 Å². The number of carbonyl (C=O) groups is 2. The van der Waals surface area contributed by atoms with Gasteiger partial charge in [-0.15, -0.1) is 0 Å². The van der Waals surface area contributed by atoms with Crippen LogP contribution in [0.25, 0.3) is 0 Å². The second-order valence-electron chi connectivity index (χ2n) is 6.71. The highest BCUT2D eigenvalue weighted by molar-refractivity contribution is 5.86. The lowest BCUT2D eigenvalue weighted by Crippen LogP contribution is -2.53. The summed E-state index contributed by atoms with van der Waals surface area (Å²) in [5.41, 5.74) is 0.876. The lowest BCUT2D eigenvalue weighted by atomic mass is 10.00. The largest absolute Gasteiger partial charge is 0.477 e. The van der Waals surface area contributed by atoms with Gasteiger partial charge in [0.15, 0.2) is 6.10 Å². The number of anilines is 1. The normalized spacial score (nSPS) is 22.8. The van der Waals surface area contributed by atoms with Crippen LogP contribution in [0.1, 0.15) is 32.6 Å². The minimum Gasteiger partial charge on any atom is -0.477 e. The Morgan fingerprint density at radius 3 is 2.84 bits per heavy atom. The van der Waals surface area contributed by atoms with Gasteiger partial charge in [-0.3, -0.25) is 9.59 Å². The maximum atomic E-state index is 12.9. The van der Waals surface area contributed by atoms with Gasteiger partial charge in [-0.25, -0.2) is 0 Å². The van der Waals surface area contributed by atoms with E-state index in [1.807, 2.05) is 34.1 Å². The molecule has 0 aromatic heterocycles. The fourth-order valence-corrected chi connectivity index (χ4v) is 3.76.